The molecule has 0 spiro atoms. The summed E-state index contributed by atoms with van der Waals surface area (Å²) in [6, 6.07) is 7.99. The summed E-state index contributed by atoms with van der Waals surface area (Å²) in [6.07, 6.45) is 2.70. The Hall–Kier alpha value is -0.100. The van der Waals surface area contributed by atoms with Gasteiger partial charge in [0.1, 0.15) is 12.4 Å². The van der Waals surface area contributed by atoms with E-state index in [-0.39, 0.29) is 0 Å². The van der Waals surface area contributed by atoms with Crippen molar-refractivity contribution in [3.63, 3.8) is 0 Å². The summed E-state index contributed by atoms with van der Waals surface area (Å²) >= 11 is 6.84. The van der Waals surface area contributed by atoms with Crippen molar-refractivity contribution in [3.05, 3.63) is 28.7 Å². The molecule has 0 aliphatic carbocycles. The van der Waals surface area contributed by atoms with Crippen LogP contribution in [-0.2, 0) is 4.74 Å². The highest BCUT2D eigenvalue weighted by atomic mass is 79.9. The third-order valence-electron chi connectivity index (χ3n) is 3.44. The van der Waals surface area contributed by atoms with Crippen LogP contribution in [0.25, 0.3) is 0 Å². The van der Waals surface area contributed by atoms with Crippen LogP contribution in [0.1, 0.15) is 12.8 Å². The second kappa shape index (κ2) is 9.03. The lowest BCUT2D eigenvalue weighted by Crippen LogP contribution is -2.39. The monoisotopic (exact) mass is 405 g/mol. The first-order valence-electron chi connectivity index (χ1n) is 7.06. The van der Waals surface area contributed by atoms with Gasteiger partial charge in [0.2, 0.25) is 0 Å². The van der Waals surface area contributed by atoms with Gasteiger partial charge in [-0.05, 0) is 31.0 Å². The molecule has 3 nitrogen and oxygen atoms in total. The summed E-state index contributed by atoms with van der Waals surface area (Å²) in [5, 5.41) is 0.924. The van der Waals surface area contributed by atoms with Crippen LogP contribution >= 0.6 is 31.9 Å². The maximum Gasteiger partial charge on any atom is 0.120 e. The largest absolute Gasteiger partial charge is 0.492 e. The normalized spacial score (nSPS) is 17.3. The number of rotatable bonds is 7. The average molecular weight is 407 g/mol. The van der Waals surface area contributed by atoms with Gasteiger partial charge in [0.05, 0.1) is 12.7 Å². The van der Waals surface area contributed by atoms with E-state index < -0.39 is 0 Å². The standard InChI is InChI=1S/C15H21Br2NO2/c16-6-10-19-14-4-7-18(8-5-14)9-11-20-15-3-1-2-13(17)12-15/h1-3,12,14H,4-11H2. The molecule has 1 aliphatic heterocycles. The number of halogens is 2. The van der Waals surface area contributed by atoms with Crippen LogP contribution in [0.4, 0.5) is 0 Å². The second-order valence-electron chi connectivity index (χ2n) is 4.91. The van der Waals surface area contributed by atoms with Gasteiger partial charge in [-0.2, -0.15) is 0 Å². The predicted octanol–water partition coefficient (Wildman–Crippen LogP) is 3.70. The molecule has 1 saturated heterocycles. The molecule has 0 amide bonds. The Morgan fingerprint density at radius 2 is 2.00 bits per heavy atom. The SMILES string of the molecule is BrCCOC1CCN(CCOc2cccc(Br)c2)CC1. The zero-order valence-corrected chi connectivity index (χ0v) is 14.7. The number of piperidine rings is 1. The molecular weight excluding hydrogens is 386 g/mol. The van der Waals surface area contributed by atoms with Crippen molar-refractivity contribution >= 4 is 31.9 Å². The highest BCUT2D eigenvalue weighted by molar-refractivity contribution is 9.10. The van der Waals surface area contributed by atoms with E-state index in [1.807, 2.05) is 24.3 Å². The summed E-state index contributed by atoms with van der Waals surface area (Å²) in [4.78, 5) is 2.45. The van der Waals surface area contributed by atoms with Gasteiger partial charge in [-0.25, -0.2) is 0 Å². The first-order chi connectivity index (χ1) is 9.78. The Balaban J connectivity index is 1.61. The van der Waals surface area contributed by atoms with E-state index in [0.29, 0.717) is 6.10 Å². The maximum absolute atomic E-state index is 5.77. The van der Waals surface area contributed by atoms with Crippen LogP contribution < -0.4 is 4.74 Å². The Labute approximate surface area is 137 Å². The third-order valence-corrected chi connectivity index (χ3v) is 4.25. The Morgan fingerprint density at radius 1 is 1.20 bits per heavy atom. The van der Waals surface area contributed by atoms with Crippen LogP contribution in [0.2, 0.25) is 0 Å². The molecule has 112 valence electrons. The number of alkyl halides is 1. The lowest BCUT2D eigenvalue weighted by atomic mass is 10.1. The van der Waals surface area contributed by atoms with Gasteiger partial charge < -0.3 is 9.47 Å². The zero-order valence-electron chi connectivity index (χ0n) is 11.6. The lowest BCUT2D eigenvalue weighted by Gasteiger charge is -2.31. The molecule has 0 atom stereocenters. The van der Waals surface area contributed by atoms with Gasteiger partial charge in [-0.1, -0.05) is 37.9 Å². The van der Waals surface area contributed by atoms with Crippen molar-refractivity contribution in [3.8, 4) is 5.75 Å². The number of nitrogens with zero attached hydrogens (tertiary/aromatic N) is 1. The molecule has 0 unspecified atom stereocenters. The number of hydrogen-bond acceptors (Lipinski definition) is 3. The first-order valence-corrected chi connectivity index (χ1v) is 8.97. The third kappa shape index (κ3) is 5.72. The van der Waals surface area contributed by atoms with Gasteiger partial charge in [-0.15, -0.1) is 0 Å². The van der Waals surface area contributed by atoms with Gasteiger partial charge in [0.15, 0.2) is 0 Å². The van der Waals surface area contributed by atoms with E-state index in [0.717, 1.165) is 61.2 Å². The number of benzene rings is 1. The summed E-state index contributed by atoms with van der Waals surface area (Å²) in [5.74, 6) is 0.926. The molecule has 1 fully saturated rings. The van der Waals surface area contributed by atoms with Crippen LogP contribution in [-0.4, -0.2) is 49.2 Å². The summed E-state index contributed by atoms with van der Waals surface area (Å²) in [5.41, 5.74) is 0. The highest BCUT2D eigenvalue weighted by Gasteiger charge is 2.19. The molecule has 5 heteroatoms. The van der Waals surface area contributed by atoms with Gasteiger partial charge >= 0.3 is 0 Å². The average Bonchev–Trinajstić information content (AvgIpc) is 2.46. The van der Waals surface area contributed by atoms with E-state index in [9.17, 15) is 0 Å². The minimum Gasteiger partial charge on any atom is -0.492 e. The predicted molar refractivity (Wildman–Crippen MR) is 88.8 cm³/mol. The van der Waals surface area contributed by atoms with Crippen molar-refractivity contribution in [2.24, 2.45) is 0 Å². The van der Waals surface area contributed by atoms with Crippen molar-refractivity contribution in [1.29, 1.82) is 0 Å². The summed E-state index contributed by atoms with van der Waals surface area (Å²) in [6.45, 7) is 4.75. The fourth-order valence-corrected chi connectivity index (χ4v) is 2.93. The van der Waals surface area contributed by atoms with E-state index in [1.54, 1.807) is 0 Å². The van der Waals surface area contributed by atoms with Crippen LogP contribution in [0, 0.1) is 0 Å². The van der Waals surface area contributed by atoms with Crippen LogP contribution in [0.5, 0.6) is 5.75 Å². The molecule has 0 radical (unpaired) electrons. The molecule has 0 N–H and O–H groups in total. The molecule has 1 heterocycles. The Morgan fingerprint density at radius 3 is 2.70 bits per heavy atom. The molecule has 0 bridgehead atoms. The summed E-state index contributed by atoms with van der Waals surface area (Å²) in [7, 11) is 0. The van der Waals surface area contributed by atoms with Crippen molar-refractivity contribution in [1.82, 2.24) is 4.90 Å². The Kier molecular flexibility index (Phi) is 7.35. The van der Waals surface area contributed by atoms with Crippen LogP contribution in [0.3, 0.4) is 0 Å². The molecule has 0 aromatic heterocycles. The van der Waals surface area contributed by atoms with Gasteiger partial charge in [0.25, 0.3) is 0 Å². The molecule has 0 saturated carbocycles. The Bertz CT molecular complexity index is 395. The second-order valence-corrected chi connectivity index (χ2v) is 6.62. The summed E-state index contributed by atoms with van der Waals surface area (Å²) < 4.78 is 12.6. The molecule has 1 aromatic rings. The lowest BCUT2D eigenvalue weighted by molar-refractivity contribution is 0.0135. The molecule has 1 aliphatic rings. The smallest absolute Gasteiger partial charge is 0.120 e. The topological polar surface area (TPSA) is 21.7 Å². The molecule has 20 heavy (non-hydrogen) atoms. The van der Waals surface area contributed by atoms with Gasteiger partial charge in [-0.3, -0.25) is 4.90 Å². The quantitative estimate of drug-likeness (QED) is 0.644. The first kappa shape index (κ1) is 16.3. The molecule has 1 aromatic carbocycles. The fourth-order valence-electron chi connectivity index (χ4n) is 2.36. The van der Waals surface area contributed by atoms with Crippen LogP contribution in [0.15, 0.2) is 28.7 Å². The molecule has 2 rings (SSSR count). The van der Waals surface area contributed by atoms with Crippen molar-refractivity contribution < 1.29 is 9.47 Å². The van der Waals surface area contributed by atoms with Gasteiger partial charge in [0, 0.05) is 29.4 Å². The highest BCUT2D eigenvalue weighted by Crippen LogP contribution is 2.18. The van der Waals surface area contributed by atoms with E-state index in [1.165, 1.54) is 0 Å². The maximum atomic E-state index is 5.77. The van der Waals surface area contributed by atoms with Crippen molar-refractivity contribution in [2.75, 3.05) is 38.2 Å². The number of likely N-dealkylation sites (tertiary alicyclic amines) is 1. The van der Waals surface area contributed by atoms with E-state index in [4.69, 9.17) is 9.47 Å². The van der Waals surface area contributed by atoms with Crippen molar-refractivity contribution in [2.45, 2.75) is 18.9 Å². The molecular formula is C15H21Br2NO2. The number of hydrogen-bond donors (Lipinski definition) is 0. The zero-order chi connectivity index (χ0) is 14.2. The van der Waals surface area contributed by atoms with E-state index in [2.05, 4.69) is 36.8 Å². The fraction of sp³-hybridized carbons (Fsp3) is 0.600. The van der Waals surface area contributed by atoms with E-state index >= 15 is 0 Å². The number of ether oxygens (including phenoxy) is 2. The minimum atomic E-state index is 0.440. The minimum absolute atomic E-state index is 0.440.